The molecule has 1 heterocycles. The van der Waals surface area contributed by atoms with E-state index in [9.17, 15) is 4.79 Å². The van der Waals surface area contributed by atoms with Crippen LogP contribution in [0.5, 0.6) is 0 Å². The Hall–Kier alpha value is -1.49. The maximum atomic E-state index is 12.1. The summed E-state index contributed by atoms with van der Waals surface area (Å²) in [6, 6.07) is 3.41. The molecule has 18 heavy (non-hydrogen) atoms. The molecule has 0 unspecified atom stereocenters. The van der Waals surface area contributed by atoms with Gasteiger partial charge in [-0.25, -0.2) is 0 Å². The lowest BCUT2D eigenvalue weighted by Crippen LogP contribution is -2.34. The minimum atomic E-state index is -0.0450. The first-order valence-corrected chi connectivity index (χ1v) is 6.50. The lowest BCUT2D eigenvalue weighted by atomic mass is 9.85. The van der Waals surface area contributed by atoms with Gasteiger partial charge in [-0.1, -0.05) is 18.6 Å². The quantitative estimate of drug-likeness (QED) is 0.838. The highest BCUT2D eigenvalue weighted by Gasteiger charge is 2.22. The standard InChI is InChI=1S/C13H17N3OS/c1-16(8-9-3-2-4-9)13(17)11-6-5-10(7-15-11)12(14)18/h5-7,9H,2-4,8H2,1H3,(H2,14,18). The van der Waals surface area contributed by atoms with Crippen LogP contribution in [0.4, 0.5) is 0 Å². The molecule has 0 aliphatic heterocycles. The molecule has 4 nitrogen and oxygen atoms in total. The van der Waals surface area contributed by atoms with Crippen molar-refractivity contribution in [1.29, 1.82) is 0 Å². The van der Waals surface area contributed by atoms with E-state index in [4.69, 9.17) is 18.0 Å². The molecule has 1 aliphatic rings. The molecule has 2 rings (SSSR count). The number of hydrogen-bond donors (Lipinski definition) is 1. The summed E-state index contributed by atoms with van der Waals surface area (Å²) in [5, 5.41) is 0. The van der Waals surface area contributed by atoms with Crippen molar-refractivity contribution >= 4 is 23.1 Å². The number of rotatable bonds is 4. The largest absolute Gasteiger partial charge is 0.389 e. The lowest BCUT2D eigenvalue weighted by molar-refractivity contribution is 0.0739. The number of carbonyl (C=O) groups excluding carboxylic acids is 1. The zero-order valence-corrected chi connectivity index (χ0v) is 11.2. The van der Waals surface area contributed by atoms with Crippen LogP contribution in [0.3, 0.4) is 0 Å². The normalized spacial score (nSPS) is 14.9. The molecular weight excluding hydrogens is 246 g/mol. The van der Waals surface area contributed by atoms with Crippen LogP contribution < -0.4 is 5.73 Å². The van der Waals surface area contributed by atoms with Crippen molar-refractivity contribution in [2.75, 3.05) is 13.6 Å². The molecule has 2 N–H and O–H groups in total. The fourth-order valence-electron chi connectivity index (χ4n) is 2.01. The SMILES string of the molecule is CN(CC1CCC1)C(=O)c1ccc(C(N)=S)cn1. The first-order valence-electron chi connectivity index (χ1n) is 6.09. The summed E-state index contributed by atoms with van der Waals surface area (Å²) in [4.78, 5) is 18.3. The fraction of sp³-hybridized carbons (Fsp3) is 0.462. The van der Waals surface area contributed by atoms with Crippen molar-refractivity contribution < 1.29 is 4.79 Å². The maximum absolute atomic E-state index is 12.1. The van der Waals surface area contributed by atoms with Gasteiger partial charge in [0.1, 0.15) is 10.7 Å². The first kappa shape index (κ1) is 13.0. The number of carbonyl (C=O) groups is 1. The zero-order valence-electron chi connectivity index (χ0n) is 10.4. The molecule has 0 bridgehead atoms. The van der Waals surface area contributed by atoms with Crippen LogP contribution in [0, 0.1) is 5.92 Å². The highest BCUT2D eigenvalue weighted by Crippen LogP contribution is 2.26. The number of nitrogens with two attached hydrogens (primary N) is 1. The second kappa shape index (κ2) is 5.44. The van der Waals surface area contributed by atoms with Gasteiger partial charge in [-0.05, 0) is 30.9 Å². The van der Waals surface area contributed by atoms with Crippen LogP contribution in [0.15, 0.2) is 18.3 Å². The number of amides is 1. The third-order valence-electron chi connectivity index (χ3n) is 3.37. The Morgan fingerprint density at radius 1 is 1.56 bits per heavy atom. The van der Waals surface area contributed by atoms with Crippen molar-refractivity contribution in [3.05, 3.63) is 29.6 Å². The number of thiocarbonyl (C=S) groups is 1. The summed E-state index contributed by atoms with van der Waals surface area (Å²) in [5.74, 6) is 0.617. The van der Waals surface area contributed by atoms with Gasteiger partial charge in [-0.3, -0.25) is 9.78 Å². The van der Waals surface area contributed by atoms with Gasteiger partial charge in [-0.2, -0.15) is 0 Å². The number of aromatic nitrogens is 1. The highest BCUT2D eigenvalue weighted by atomic mass is 32.1. The van der Waals surface area contributed by atoms with Crippen molar-refractivity contribution in [2.45, 2.75) is 19.3 Å². The summed E-state index contributed by atoms with van der Waals surface area (Å²) in [6.07, 6.45) is 5.29. The third-order valence-corrected chi connectivity index (χ3v) is 3.61. The average molecular weight is 263 g/mol. The summed E-state index contributed by atoms with van der Waals surface area (Å²) in [7, 11) is 1.82. The summed E-state index contributed by atoms with van der Waals surface area (Å²) >= 11 is 4.85. The summed E-state index contributed by atoms with van der Waals surface area (Å²) in [5.41, 5.74) is 6.61. The van der Waals surface area contributed by atoms with Crippen molar-refractivity contribution in [1.82, 2.24) is 9.88 Å². The smallest absolute Gasteiger partial charge is 0.272 e. The molecule has 1 aliphatic carbocycles. The van der Waals surface area contributed by atoms with Gasteiger partial charge in [0.05, 0.1) is 0 Å². The molecule has 0 radical (unpaired) electrons. The van der Waals surface area contributed by atoms with E-state index in [0.29, 0.717) is 22.2 Å². The van der Waals surface area contributed by atoms with E-state index in [1.54, 1.807) is 23.2 Å². The Balaban J connectivity index is 2.00. The molecule has 1 aromatic rings. The zero-order chi connectivity index (χ0) is 13.1. The minimum absolute atomic E-state index is 0.0450. The molecule has 0 aromatic carbocycles. The molecular formula is C13H17N3OS. The van der Waals surface area contributed by atoms with Gasteiger partial charge >= 0.3 is 0 Å². The van der Waals surface area contributed by atoms with E-state index in [1.807, 2.05) is 7.05 Å². The molecule has 1 fully saturated rings. The van der Waals surface area contributed by atoms with E-state index >= 15 is 0 Å². The van der Waals surface area contributed by atoms with Crippen molar-refractivity contribution in [3.8, 4) is 0 Å². The third kappa shape index (κ3) is 2.85. The molecule has 1 aromatic heterocycles. The van der Waals surface area contributed by atoms with Crippen LogP contribution in [-0.4, -0.2) is 34.4 Å². The van der Waals surface area contributed by atoms with Gasteiger partial charge in [0.15, 0.2) is 0 Å². The van der Waals surface area contributed by atoms with Gasteiger partial charge in [0, 0.05) is 25.4 Å². The highest BCUT2D eigenvalue weighted by molar-refractivity contribution is 7.80. The van der Waals surface area contributed by atoms with Crippen molar-refractivity contribution in [2.24, 2.45) is 11.7 Å². The topological polar surface area (TPSA) is 59.2 Å². The second-order valence-corrected chi connectivity index (χ2v) is 5.22. The van der Waals surface area contributed by atoms with Crippen LogP contribution in [0.1, 0.15) is 35.3 Å². The molecule has 5 heteroatoms. The Kier molecular flexibility index (Phi) is 3.91. The number of pyridine rings is 1. The van der Waals surface area contributed by atoms with Crippen LogP contribution in [-0.2, 0) is 0 Å². The molecule has 1 amide bonds. The lowest BCUT2D eigenvalue weighted by Gasteiger charge is -2.29. The summed E-state index contributed by atoms with van der Waals surface area (Å²) in [6.45, 7) is 0.817. The second-order valence-electron chi connectivity index (χ2n) is 4.78. The van der Waals surface area contributed by atoms with Crippen LogP contribution >= 0.6 is 12.2 Å². The van der Waals surface area contributed by atoms with Crippen molar-refractivity contribution in [3.63, 3.8) is 0 Å². The molecule has 96 valence electrons. The predicted molar refractivity (Wildman–Crippen MR) is 74.4 cm³/mol. The molecule has 0 saturated heterocycles. The van der Waals surface area contributed by atoms with E-state index < -0.39 is 0 Å². The van der Waals surface area contributed by atoms with Crippen LogP contribution in [0.2, 0.25) is 0 Å². The Bertz CT molecular complexity index is 454. The average Bonchev–Trinajstić information content (AvgIpc) is 2.32. The Morgan fingerprint density at radius 3 is 2.72 bits per heavy atom. The molecule has 1 saturated carbocycles. The van der Waals surface area contributed by atoms with Gasteiger partial charge in [0.25, 0.3) is 5.91 Å². The number of nitrogens with zero attached hydrogens (tertiary/aromatic N) is 2. The molecule has 0 atom stereocenters. The summed E-state index contributed by atoms with van der Waals surface area (Å²) < 4.78 is 0. The van der Waals surface area contributed by atoms with Gasteiger partial charge in [0.2, 0.25) is 0 Å². The molecule has 0 spiro atoms. The van der Waals surface area contributed by atoms with Gasteiger partial charge < -0.3 is 10.6 Å². The van der Waals surface area contributed by atoms with E-state index in [0.717, 1.165) is 6.54 Å². The number of hydrogen-bond acceptors (Lipinski definition) is 3. The van der Waals surface area contributed by atoms with E-state index in [1.165, 1.54) is 19.3 Å². The maximum Gasteiger partial charge on any atom is 0.272 e. The Labute approximate surface area is 112 Å². The first-order chi connectivity index (χ1) is 8.58. The van der Waals surface area contributed by atoms with Gasteiger partial charge in [-0.15, -0.1) is 0 Å². The minimum Gasteiger partial charge on any atom is -0.389 e. The monoisotopic (exact) mass is 263 g/mol. The predicted octanol–water partition coefficient (Wildman–Crippen LogP) is 1.59. The van der Waals surface area contributed by atoms with E-state index in [2.05, 4.69) is 4.98 Å². The van der Waals surface area contributed by atoms with Crippen LogP contribution in [0.25, 0.3) is 0 Å². The van der Waals surface area contributed by atoms with E-state index in [-0.39, 0.29) is 5.91 Å². The Morgan fingerprint density at radius 2 is 2.28 bits per heavy atom. The fourth-order valence-corrected chi connectivity index (χ4v) is 2.13.